The molecule has 4 nitrogen and oxygen atoms in total. The Hall–Kier alpha value is -1.52. The fraction of sp³-hybridized carbons (Fsp3) is 0.0909. The first-order valence-corrected chi connectivity index (χ1v) is 5.56. The van der Waals surface area contributed by atoms with Crippen molar-refractivity contribution in [2.45, 2.75) is 6.61 Å². The standard InChI is InChI=1S/C11H9Cl2N3O/c12-7-1-2-8(13)9(5-7)17-6-11-15-4-3-10(14)16-11/h1-5H,6H2,(H2,14,15,16). The molecule has 0 radical (unpaired) electrons. The van der Waals surface area contributed by atoms with Gasteiger partial charge >= 0.3 is 0 Å². The minimum absolute atomic E-state index is 0.186. The van der Waals surface area contributed by atoms with Gasteiger partial charge in [-0.05, 0) is 18.2 Å². The lowest BCUT2D eigenvalue weighted by atomic mass is 10.3. The van der Waals surface area contributed by atoms with Gasteiger partial charge in [-0.3, -0.25) is 0 Å². The van der Waals surface area contributed by atoms with E-state index in [9.17, 15) is 0 Å². The topological polar surface area (TPSA) is 61.0 Å². The maximum Gasteiger partial charge on any atom is 0.168 e. The van der Waals surface area contributed by atoms with Crippen LogP contribution >= 0.6 is 23.2 Å². The smallest absolute Gasteiger partial charge is 0.168 e. The van der Waals surface area contributed by atoms with Gasteiger partial charge in [-0.2, -0.15) is 0 Å². The number of nitrogens with two attached hydrogens (primary N) is 1. The summed E-state index contributed by atoms with van der Waals surface area (Å²) in [6, 6.07) is 6.60. The van der Waals surface area contributed by atoms with Crippen LogP contribution in [0.4, 0.5) is 5.82 Å². The first-order valence-electron chi connectivity index (χ1n) is 4.80. The zero-order valence-corrected chi connectivity index (χ0v) is 10.2. The molecule has 1 aromatic heterocycles. The molecule has 17 heavy (non-hydrogen) atoms. The summed E-state index contributed by atoms with van der Waals surface area (Å²) in [5.74, 6) is 1.38. The van der Waals surface area contributed by atoms with Crippen molar-refractivity contribution in [3.05, 3.63) is 46.3 Å². The van der Waals surface area contributed by atoms with Crippen molar-refractivity contribution in [3.63, 3.8) is 0 Å². The number of anilines is 1. The van der Waals surface area contributed by atoms with Gasteiger partial charge in [0.1, 0.15) is 18.2 Å². The molecule has 0 aliphatic rings. The van der Waals surface area contributed by atoms with Gasteiger partial charge in [-0.15, -0.1) is 0 Å². The largest absolute Gasteiger partial charge is 0.484 e. The molecule has 88 valence electrons. The number of nitrogen functional groups attached to an aromatic ring is 1. The number of benzene rings is 1. The Morgan fingerprint density at radius 3 is 2.82 bits per heavy atom. The molecule has 0 aliphatic carbocycles. The van der Waals surface area contributed by atoms with Gasteiger partial charge in [0.05, 0.1) is 5.02 Å². The SMILES string of the molecule is Nc1ccnc(COc2cc(Cl)ccc2Cl)n1. The van der Waals surface area contributed by atoms with Gasteiger partial charge in [0, 0.05) is 17.3 Å². The predicted octanol–water partition coefficient (Wildman–Crippen LogP) is 2.94. The Labute approximate surface area is 108 Å². The third-order valence-electron chi connectivity index (χ3n) is 1.98. The summed E-state index contributed by atoms with van der Waals surface area (Å²) in [7, 11) is 0. The first kappa shape index (κ1) is 12.0. The highest BCUT2D eigenvalue weighted by atomic mass is 35.5. The lowest BCUT2D eigenvalue weighted by Gasteiger charge is -2.07. The number of hydrogen-bond acceptors (Lipinski definition) is 4. The molecule has 0 saturated carbocycles. The molecule has 6 heteroatoms. The Kier molecular flexibility index (Phi) is 3.66. The number of halogens is 2. The molecule has 0 aliphatic heterocycles. The van der Waals surface area contributed by atoms with Crippen molar-refractivity contribution in [1.82, 2.24) is 9.97 Å². The Morgan fingerprint density at radius 1 is 1.24 bits per heavy atom. The number of nitrogens with zero attached hydrogens (tertiary/aromatic N) is 2. The van der Waals surface area contributed by atoms with Crippen LogP contribution in [0.15, 0.2) is 30.5 Å². The Morgan fingerprint density at radius 2 is 2.06 bits per heavy atom. The van der Waals surface area contributed by atoms with Gasteiger partial charge in [-0.25, -0.2) is 9.97 Å². The number of aromatic nitrogens is 2. The molecule has 1 heterocycles. The molecule has 1 aromatic carbocycles. The second-order valence-corrected chi connectivity index (χ2v) is 4.10. The molecule has 0 fully saturated rings. The van der Waals surface area contributed by atoms with E-state index in [0.717, 1.165) is 0 Å². The van der Waals surface area contributed by atoms with E-state index in [1.54, 1.807) is 30.5 Å². The lowest BCUT2D eigenvalue weighted by molar-refractivity contribution is 0.296. The minimum Gasteiger partial charge on any atom is -0.484 e. The van der Waals surface area contributed by atoms with Gasteiger partial charge < -0.3 is 10.5 Å². The Balaban J connectivity index is 2.09. The van der Waals surface area contributed by atoms with E-state index >= 15 is 0 Å². The number of rotatable bonds is 3. The summed E-state index contributed by atoms with van der Waals surface area (Å²) in [4.78, 5) is 8.02. The summed E-state index contributed by atoms with van der Waals surface area (Å²) in [6.07, 6.45) is 1.57. The molecular weight excluding hydrogens is 261 g/mol. The van der Waals surface area contributed by atoms with Crippen LogP contribution < -0.4 is 10.5 Å². The van der Waals surface area contributed by atoms with Crippen LogP contribution in [-0.2, 0) is 6.61 Å². The van der Waals surface area contributed by atoms with Crippen LogP contribution in [0.3, 0.4) is 0 Å². The summed E-state index contributed by atoms with van der Waals surface area (Å²) in [5.41, 5.74) is 5.53. The molecule has 0 unspecified atom stereocenters. The molecule has 0 atom stereocenters. The fourth-order valence-corrected chi connectivity index (χ4v) is 1.55. The summed E-state index contributed by atoms with van der Waals surface area (Å²) in [6.45, 7) is 0.186. The van der Waals surface area contributed by atoms with Gasteiger partial charge in [0.15, 0.2) is 5.82 Å². The third kappa shape index (κ3) is 3.22. The summed E-state index contributed by atoms with van der Waals surface area (Å²) >= 11 is 11.8. The highest BCUT2D eigenvalue weighted by Crippen LogP contribution is 2.28. The van der Waals surface area contributed by atoms with E-state index in [-0.39, 0.29) is 6.61 Å². The molecule has 2 N–H and O–H groups in total. The normalized spacial score (nSPS) is 10.2. The van der Waals surface area contributed by atoms with Crippen molar-refractivity contribution in [1.29, 1.82) is 0 Å². The minimum atomic E-state index is 0.186. The van der Waals surface area contributed by atoms with Crippen molar-refractivity contribution in [2.24, 2.45) is 0 Å². The van der Waals surface area contributed by atoms with Gasteiger partial charge in [-0.1, -0.05) is 23.2 Å². The van der Waals surface area contributed by atoms with E-state index in [4.69, 9.17) is 33.7 Å². The average molecular weight is 270 g/mol. The Bertz CT molecular complexity index is 534. The monoisotopic (exact) mass is 269 g/mol. The van der Waals surface area contributed by atoms with Crippen LogP contribution in [0, 0.1) is 0 Å². The van der Waals surface area contributed by atoms with Gasteiger partial charge in [0.25, 0.3) is 0 Å². The zero-order valence-electron chi connectivity index (χ0n) is 8.73. The highest BCUT2D eigenvalue weighted by Gasteiger charge is 2.04. The molecule has 0 bridgehead atoms. The third-order valence-corrected chi connectivity index (χ3v) is 2.52. The quantitative estimate of drug-likeness (QED) is 0.931. The zero-order chi connectivity index (χ0) is 12.3. The molecule has 2 rings (SSSR count). The van der Waals surface area contributed by atoms with Crippen molar-refractivity contribution in [2.75, 3.05) is 5.73 Å². The van der Waals surface area contributed by atoms with Crippen LogP contribution in [0.25, 0.3) is 0 Å². The van der Waals surface area contributed by atoms with Crippen molar-refractivity contribution < 1.29 is 4.74 Å². The van der Waals surface area contributed by atoms with E-state index in [2.05, 4.69) is 9.97 Å². The molecular formula is C11H9Cl2N3O. The van der Waals surface area contributed by atoms with Crippen LogP contribution in [-0.4, -0.2) is 9.97 Å². The predicted molar refractivity (Wildman–Crippen MR) is 67.2 cm³/mol. The molecule has 0 saturated heterocycles. The number of ether oxygens (including phenoxy) is 1. The van der Waals surface area contributed by atoms with Crippen LogP contribution in [0.5, 0.6) is 5.75 Å². The van der Waals surface area contributed by atoms with E-state index in [1.807, 2.05) is 0 Å². The van der Waals surface area contributed by atoms with Crippen LogP contribution in [0.1, 0.15) is 5.82 Å². The highest BCUT2D eigenvalue weighted by molar-refractivity contribution is 6.34. The maximum absolute atomic E-state index is 5.94. The van der Waals surface area contributed by atoms with Crippen molar-refractivity contribution >= 4 is 29.0 Å². The maximum atomic E-state index is 5.94. The second kappa shape index (κ2) is 5.21. The van der Waals surface area contributed by atoms with Crippen LogP contribution in [0.2, 0.25) is 10.0 Å². The molecule has 0 spiro atoms. The van der Waals surface area contributed by atoms with E-state index in [1.165, 1.54) is 0 Å². The summed E-state index contributed by atoms with van der Waals surface area (Å²) in [5, 5.41) is 1.04. The second-order valence-electron chi connectivity index (χ2n) is 3.26. The van der Waals surface area contributed by atoms with E-state index in [0.29, 0.717) is 27.4 Å². The first-order chi connectivity index (χ1) is 8.15. The molecule has 0 amide bonds. The number of hydrogen-bond donors (Lipinski definition) is 1. The summed E-state index contributed by atoms with van der Waals surface area (Å²) < 4.78 is 5.46. The van der Waals surface area contributed by atoms with E-state index < -0.39 is 0 Å². The molecule has 2 aromatic rings. The lowest BCUT2D eigenvalue weighted by Crippen LogP contribution is -2.03. The fourth-order valence-electron chi connectivity index (χ4n) is 1.21. The van der Waals surface area contributed by atoms with Gasteiger partial charge in [0.2, 0.25) is 0 Å². The average Bonchev–Trinajstić information content (AvgIpc) is 2.30. The van der Waals surface area contributed by atoms with Crippen molar-refractivity contribution in [3.8, 4) is 5.75 Å².